The maximum atomic E-state index is 12.5. The molecule has 1 N–H and O–H groups in total. The van der Waals surface area contributed by atoms with Crippen LogP contribution in [0.3, 0.4) is 0 Å². The molecule has 1 atom stereocenters. The summed E-state index contributed by atoms with van der Waals surface area (Å²) in [7, 11) is 0. The fourth-order valence-electron chi connectivity index (χ4n) is 4.61. The van der Waals surface area contributed by atoms with Crippen molar-refractivity contribution in [1.82, 2.24) is 15.2 Å². The summed E-state index contributed by atoms with van der Waals surface area (Å²) in [5.74, 6) is 1.70. The monoisotopic (exact) mass is 426 g/mol. The number of pyridine rings is 1. The molecule has 0 spiro atoms. The highest BCUT2D eigenvalue weighted by Crippen LogP contribution is 2.29. The van der Waals surface area contributed by atoms with Gasteiger partial charge in [-0.3, -0.25) is 9.69 Å². The van der Waals surface area contributed by atoms with Gasteiger partial charge in [-0.05, 0) is 49.3 Å². The smallest absolute Gasteiger partial charge is 0.220 e. The van der Waals surface area contributed by atoms with Crippen molar-refractivity contribution in [2.24, 2.45) is 5.92 Å². The number of aromatic nitrogens is 1. The van der Waals surface area contributed by atoms with Crippen molar-refractivity contribution < 1.29 is 4.79 Å². The molecule has 30 heavy (non-hydrogen) atoms. The van der Waals surface area contributed by atoms with Crippen LogP contribution in [-0.4, -0.2) is 48.0 Å². The van der Waals surface area contributed by atoms with Gasteiger partial charge >= 0.3 is 0 Å². The van der Waals surface area contributed by atoms with Crippen LogP contribution in [0, 0.1) is 5.92 Å². The molecule has 1 unspecified atom stereocenters. The number of halogens is 1. The Morgan fingerprint density at radius 2 is 1.87 bits per heavy atom. The number of rotatable bonds is 7. The van der Waals surface area contributed by atoms with Crippen molar-refractivity contribution in [2.75, 3.05) is 31.1 Å². The first-order valence-electron chi connectivity index (χ1n) is 11.1. The molecular weight excluding hydrogens is 396 g/mol. The van der Waals surface area contributed by atoms with Gasteiger partial charge < -0.3 is 10.2 Å². The van der Waals surface area contributed by atoms with Gasteiger partial charge in [-0.2, -0.15) is 0 Å². The zero-order valence-electron chi connectivity index (χ0n) is 17.5. The van der Waals surface area contributed by atoms with E-state index in [1.807, 2.05) is 18.2 Å². The first-order valence-corrected chi connectivity index (χ1v) is 11.5. The highest BCUT2D eigenvalue weighted by Gasteiger charge is 2.25. The van der Waals surface area contributed by atoms with E-state index in [1.165, 1.54) is 5.56 Å². The Morgan fingerprint density at radius 3 is 2.63 bits per heavy atom. The summed E-state index contributed by atoms with van der Waals surface area (Å²) in [6.45, 7) is 4.88. The van der Waals surface area contributed by atoms with Gasteiger partial charge in [0.2, 0.25) is 5.91 Å². The van der Waals surface area contributed by atoms with Crippen LogP contribution in [0.4, 0.5) is 5.82 Å². The number of hydrogen-bond acceptors (Lipinski definition) is 4. The Labute approximate surface area is 184 Å². The summed E-state index contributed by atoms with van der Waals surface area (Å²) in [5, 5.41) is 3.97. The maximum absolute atomic E-state index is 12.5. The second-order valence-corrected chi connectivity index (χ2v) is 8.96. The largest absolute Gasteiger partial charge is 0.355 e. The number of amides is 1. The van der Waals surface area contributed by atoms with Crippen molar-refractivity contribution in [1.29, 1.82) is 0 Å². The molecule has 160 valence electrons. The lowest BCUT2D eigenvalue weighted by Crippen LogP contribution is -2.38. The lowest BCUT2D eigenvalue weighted by Gasteiger charge is -2.33. The molecular formula is C24H31ClN4O. The van der Waals surface area contributed by atoms with Crippen molar-refractivity contribution in [3.05, 3.63) is 59.2 Å². The fourth-order valence-corrected chi connectivity index (χ4v) is 4.86. The number of anilines is 1. The molecule has 1 amide bonds. The molecule has 2 aliphatic rings. The second-order valence-electron chi connectivity index (χ2n) is 8.55. The predicted molar refractivity (Wildman–Crippen MR) is 122 cm³/mol. The number of nitrogens with one attached hydrogen (secondary N) is 1. The zero-order valence-corrected chi connectivity index (χ0v) is 18.2. The van der Waals surface area contributed by atoms with Crippen LogP contribution in [-0.2, 0) is 11.3 Å². The van der Waals surface area contributed by atoms with E-state index in [9.17, 15) is 4.79 Å². The number of benzene rings is 1. The molecule has 1 aromatic heterocycles. The van der Waals surface area contributed by atoms with Gasteiger partial charge in [0.25, 0.3) is 0 Å². The third-order valence-corrected chi connectivity index (χ3v) is 6.61. The summed E-state index contributed by atoms with van der Waals surface area (Å²) in [4.78, 5) is 21.6. The summed E-state index contributed by atoms with van der Waals surface area (Å²) in [6, 6.07) is 14.6. The van der Waals surface area contributed by atoms with Crippen molar-refractivity contribution in [3.63, 3.8) is 0 Å². The van der Waals surface area contributed by atoms with Crippen LogP contribution in [0.5, 0.6) is 0 Å². The highest BCUT2D eigenvalue weighted by atomic mass is 35.5. The van der Waals surface area contributed by atoms with E-state index in [1.54, 1.807) is 6.20 Å². The molecule has 2 saturated heterocycles. The molecule has 5 nitrogen and oxygen atoms in total. The van der Waals surface area contributed by atoms with Gasteiger partial charge in [0.1, 0.15) is 5.82 Å². The van der Waals surface area contributed by atoms with Crippen LogP contribution in [0.1, 0.15) is 37.7 Å². The van der Waals surface area contributed by atoms with E-state index in [-0.39, 0.29) is 11.9 Å². The summed E-state index contributed by atoms with van der Waals surface area (Å²) < 4.78 is 0. The van der Waals surface area contributed by atoms with E-state index in [4.69, 9.17) is 11.6 Å². The normalized spacial score (nSPS) is 20.4. The minimum Gasteiger partial charge on any atom is -0.355 e. The minimum atomic E-state index is 0.205. The quantitative estimate of drug-likeness (QED) is 0.723. The lowest BCUT2D eigenvalue weighted by atomic mass is 9.92. The van der Waals surface area contributed by atoms with Crippen LogP contribution in [0.15, 0.2) is 48.7 Å². The Balaban J connectivity index is 1.14. The Morgan fingerprint density at radius 1 is 1.07 bits per heavy atom. The summed E-state index contributed by atoms with van der Waals surface area (Å²) >= 11 is 6.27. The van der Waals surface area contributed by atoms with Gasteiger partial charge in [-0.1, -0.05) is 41.9 Å². The Hall–Kier alpha value is -2.11. The summed E-state index contributed by atoms with van der Waals surface area (Å²) in [6.07, 6.45) is 6.62. The van der Waals surface area contributed by atoms with E-state index >= 15 is 0 Å². The number of hydrogen-bond donors (Lipinski definition) is 1. The first kappa shape index (κ1) is 21.1. The molecule has 0 aliphatic carbocycles. The van der Waals surface area contributed by atoms with Gasteiger partial charge in [-0.25, -0.2) is 4.98 Å². The average molecular weight is 427 g/mol. The molecule has 2 fully saturated rings. The first-order chi connectivity index (χ1) is 14.7. The molecule has 6 heteroatoms. The van der Waals surface area contributed by atoms with Gasteiger partial charge in [0, 0.05) is 51.4 Å². The Kier molecular flexibility index (Phi) is 7.24. The summed E-state index contributed by atoms with van der Waals surface area (Å²) in [5.41, 5.74) is 1.34. The van der Waals surface area contributed by atoms with Crippen molar-refractivity contribution >= 4 is 23.3 Å². The number of carbonyl (C=O) groups excluding carboxylic acids is 1. The minimum absolute atomic E-state index is 0.205. The van der Waals surface area contributed by atoms with Crippen LogP contribution < -0.4 is 10.2 Å². The number of piperidine rings is 1. The predicted octanol–water partition coefficient (Wildman–Crippen LogP) is 4.12. The van der Waals surface area contributed by atoms with Gasteiger partial charge in [0.15, 0.2) is 0 Å². The van der Waals surface area contributed by atoms with E-state index in [2.05, 4.69) is 44.4 Å². The van der Waals surface area contributed by atoms with Crippen LogP contribution in [0.25, 0.3) is 0 Å². The van der Waals surface area contributed by atoms with Gasteiger partial charge in [-0.15, -0.1) is 0 Å². The van der Waals surface area contributed by atoms with E-state index in [0.29, 0.717) is 17.4 Å². The Bertz CT molecular complexity index is 823. The molecule has 0 bridgehead atoms. The number of carbonyl (C=O) groups is 1. The molecule has 1 aromatic carbocycles. The highest BCUT2D eigenvalue weighted by molar-refractivity contribution is 6.32. The topological polar surface area (TPSA) is 48.5 Å². The zero-order chi connectivity index (χ0) is 20.8. The molecule has 4 rings (SSSR count). The molecule has 0 saturated carbocycles. The van der Waals surface area contributed by atoms with Crippen LogP contribution >= 0.6 is 11.6 Å². The molecule has 3 heterocycles. The third-order valence-electron chi connectivity index (χ3n) is 6.32. The van der Waals surface area contributed by atoms with Crippen molar-refractivity contribution in [3.8, 4) is 0 Å². The van der Waals surface area contributed by atoms with Gasteiger partial charge in [0.05, 0.1) is 5.02 Å². The van der Waals surface area contributed by atoms with E-state index in [0.717, 1.165) is 64.2 Å². The fraction of sp³-hybridized carbons (Fsp3) is 0.500. The number of likely N-dealkylation sites (tertiary alicyclic amines) is 1. The third kappa shape index (κ3) is 5.73. The molecule has 2 aromatic rings. The lowest BCUT2D eigenvalue weighted by molar-refractivity contribution is -0.122. The molecule has 2 aliphatic heterocycles. The standard InChI is InChI=1S/C24H31ClN4O/c25-22-7-4-13-26-24(22)29-15-10-19(11-16-29)8-9-23(30)27-21-12-14-28(18-21)17-20-5-2-1-3-6-20/h1-7,13,19,21H,8-12,14-18H2,(H,27,30). The van der Waals surface area contributed by atoms with E-state index < -0.39 is 0 Å². The second kappa shape index (κ2) is 10.3. The van der Waals surface area contributed by atoms with Crippen molar-refractivity contribution in [2.45, 2.75) is 44.7 Å². The number of nitrogens with zero attached hydrogens (tertiary/aromatic N) is 3. The molecule has 0 radical (unpaired) electrons. The average Bonchev–Trinajstić information content (AvgIpc) is 3.20. The van der Waals surface area contributed by atoms with Crippen LogP contribution in [0.2, 0.25) is 5.02 Å². The SMILES string of the molecule is O=C(CCC1CCN(c2ncccc2Cl)CC1)NC1CCN(Cc2ccccc2)C1. The maximum Gasteiger partial charge on any atom is 0.220 e.